The van der Waals surface area contributed by atoms with Gasteiger partial charge in [-0.1, -0.05) is 39.4 Å². The average Bonchev–Trinajstić information content (AvgIpc) is 2.27. The summed E-state index contributed by atoms with van der Waals surface area (Å²) in [6.45, 7) is 6.63. The van der Waals surface area contributed by atoms with Crippen LogP contribution in [0.25, 0.3) is 0 Å². The SMILES string of the molecule is CSC(=S)C(=O)O[C@@H]1C[C@H](C)CC[C@H]1C(C)C. The summed E-state index contributed by atoms with van der Waals surface area (Å²) in [7, 11) is 0. The van der Waals surface area contributed by atoms with E-state index in [4.69, 9.17) is 17.0 Å². The molecule has 1 saturated carbocycles. The van der Waals surface area contributed by atoms with Crippen molar-refractivity contribution in [2.24, 2.45) is 17.8 Å². The van der Waals surface area contributed by atoms with E-state index >= 15 is 0 Å². The highest BCUT2D eigenvalue weighted by atomic mass is 32.2. The number of hydrogen-bond donors (Lipinski definition) is 0. The van der Waals surface area contributed by atoms with Gasteiger partial charge in [0.2, 0.25) is 0 Å². The van der Waals surface area contributed by atoms with E-state index in [0.717, 1.165) is 12.8 Å². The lowest BCUT2D eigenvalue weighted by Gasteiger charge is -2.36. The van der Waals surface area contributed by atoms with Crippen LogP contribution >= 0.6 is 24.0 Å². The van der Waals surface area contributed by atoms with Crippen molar-refractivity contribution in [2.75, 3.05) is 6.26 Å². The van der Waals surface area contributed by atoms with E-state index in [9.17, 15) is 4.79 Å². The fourth-order valence-corrected chi connectivity index (χ4v) is 2.78. The molecule has 4 heteroatoms. The smallest absolute Gasteiger partial charge is 0.356 e. The summed E-state index contributed by atoms with van der Waals surface area (Å²) in [5, 5.41) is 0. The Morgan fingerprint density at radius 3 is 2.59 bits per heavy atom. The molecule has 1 aliphatic rings. The van der Waals surface area contributed by atoms with E-state index < -0.39 is 0 Å². The molecule has 2 nitrogen and oxygen atoms in total. The van der Waals surface area contributed by atoms with Gasteiger partial charge in [-0.2, -0.15) is 0 Å². The summed E-state index contributed by atoms with van der Waals surface area (Å²) < 4.78 is 5.93. The van der Waals surface area contributed by atoms with Gasteiger partial charge in [0.05, 0.1) is 0 Å². The molecule has 0 bridgehead atoms. The first-order valence-corrected chi connectivity index (χ1v) is 7.88. The van der Waals surface area contributed by atoms with Crippen LogP contribution in [0, 0.1) is 17.8 Å². The van der Waals surface area contributed by atoms with Crippen molar-refractivity contribution in [1.82, 2.24) is 0 Å². The minimum absolute atomic E-state index is 0.0522. The van der Waals surface area contributed by atoms with Crippen LogP contribution in [-0.4, -0.2) is 22.5 Å². The van der Waals surface area contributed by atoms with E-state index in [1.54, 1.807) is 0 Å². The van der Waals surface area contributed by atoms with Crippen molar-refractivity contribution in [1.29, 1.82) is 0 Å². The van der Waals surface area contributed by atoms with Gasteiger partial charge in [0.25, 0.3) is 0 Å². The number of thiocarbonyl (C=S) groups is 1. The molecule has 0 radical (unpaired) electrons. The highest BCUT2D eigenvalue weighted by Crippen LogP contribution is 2.35. The van der Waals surface area contributed by atoms with Crippen LogP contribution in [0.5, 0.6) is 0 Å². The van der Waals surface area contributed by atoms with Crippen LogP contribution in [0.3, 0.4) is 0 Å². The van der Waals surface area contributed by atoms with E-state index in [2.05, 4.69) is 20.8 Å². The highest BCUT2D eigenvalue weighted by Gasteiger charge is 2.33. The summed E-state index contributed by atoms with van der Waals surface area (Å²) in [4.78, 5) is 11.7. The number of rotatable bonds is 2. The third-order valence-electron chi connectivity index (χ3n) is 3.57. The van der Waals surface area contributed by atoms with Gasteiger partial charge in [-0.25, -0.2) is 4.79 Å². The number of hydrogen-bond acceptors (Lipinski definition) is 4. The lowest BCUT2D eigenvalue weighted by molar-refractivity contribution is -0.146. The Bertz CT molecular complexity index is 289. The number of ether oxygens (including phenoxy) is 1. The molecule has 98 valence electrons. The largest absolute Gasteiger partial charge is 0.457 e. The summed E-state index contributed by atoms with van der Waals surface area (Å²) >= 11 is 6.26. The van der Waals surface area contributed by atoms with Crippen molar-refractivity contribution < 1.29 is 9.53 Å². The molecule has 0 unspecified atom stereocenters. The van der Waals surface area contributed by atoms with Crippen LogP contribution in [0.15, 0.2) is 0 Å². The summed E-state index contributed by atoms with van der Waals surface area (Å²) in [5.41, 5.74) is 0. The van der Waals surface area contributed by atoms with Gasteiger partial charge in [-0.05, 0) is 36.9 Å². The van der Waals surface area contributed by atoms with Gasteiger partial charge in [0.1, 0.15) is 6.10 Å². The zero-order chi connectivity index (χ0) is 13.0. The lowest BCUT2D eigenvalue weighted by Crippen LogP contribution is -2.36. The van der Waals surface area contributed by atoms with Crippen molar-refractivity contribution in [3.63, 3.8) is 0 Å². The molecule has 0 amide bonds. The second kappa shape index (κ2) is 6.74. The Balaban J connectivity index is 2.63. The predicted octanol–water partition coefficient (Wildman–Crippen LogP) is 3.68. The maximum atomic E-state index is 11.7. The molecule has 0 aromatic heterocycles. The molecule has 0 heterocycles. The second-order valence-corrected chi connectivity index (χ2v) is 6.74. The Labute approximate surface area is 114 Å². The van der Waals surface area contributed by atoms with Crippen molar-refractivity contribution in [2.45, 2.75) is 46.1 Å². The molecule has 1 aliphatic carbocycles. The minimum atomic E-state index is -0.308. The maximum Gasteiger partial charge on any atom is 0.356 e. The van der Waals surface area contributed by atoms with Gasteiger partial charge in [0, 0.05) is 0 Å². The Morgan fingerprint density at radius 1 is 1.41 bits per heavy atom. The summed E-state index contributed by atoms with van der Waals surface area (Å²) in [6.07, 6.45) is 5.24. The zero-order valence-corrected chi connectivity index (χ0v) is 12.7. The fraction of sp³-hybridized carbons (Fsp3) is 0.846. The number of carbonyl (C=O) groups is 1. The first-order valence-electron chi connectivity index (χ1n) is 6.24. The standard InChI is InChI=1S/C13H22O2S2/c1-8(2)10-6-5-9(3)7-11(10)15-12(14)13(16)17-4/h8-11H,5-7H2,1-4H3/t9-,10+,11-/m1/s1. The predicted molar refractivity (Wildman–Crippen MR) is 77.3 cm³/mol. The quantitative estimate of drug-likeness (QED) is 0.567. The van der Waals surface area contributed by atoms with E-state index in [1.807, 2.05) is 6.26 Å². The molecule has 3 atom stereocenters. The minimum Gasteiger partial charge on any atom is -0.457 e. The Hall–Kier alpha value is -0.0900. The normalized spacial score (nSPS) is 29.1. The molecule has 0 aromatic rings. The Kier molecular flexibility index (Phi) is 5.93. The highest BCUT2D eigenvalue weighted by molar-refractivity contribution is 8.24. The molecular formula is C13H22O2S2. The number of thioether (sulfide) groups is 1. The van der Waals surface area contributed by atoms with Crippen molar-refractivity contribution in [3.05, 3.63) is 0 Å². The van der Waals surface area contributed by atoms with Gasteiger partial charge in [0.15, 0.2) is 4.20 Å². The summed E-state index contributed by atoms with van der Waals surface area (Å²) in [6, 6.07) is 0. The van der Waals surface area contributed by atoms with E-state index in [-0.39, 0.29) is 12.1 Å². The Morgan fingerprint density at radius 2 is 2.06 bits per heavy atom. The molecule has 0 aliphatic heterocycles. The van der Waals surface area contributed by atoms with Gasteiger partial charge in [-0.3, -0.25) is 0 Å². The van der Waals surface area contributed by atoms with Gasteiger partial charge < -0.3 is 4.74 Å². The average molecular weight is 274 g/mol. The third-order valence-corrected chi connectivity index (χ3v) is 4.78. The molecule has 1 fully saturated rings. The maximum absolute atomic E-state index is 11.7. The zero-order valence-electron chi connectivity index (χ0n) is 11.1. The first kappa shape index (κ1) is 15.0. The van der Waals surface area contributed by atoms with E-state index in [1.165, 1.54) is 18.2 Å². The molecule has 17 heavy (non-hydrogen) atoms. The third kappa shape index (κ3) is 4.25. The monoisotopic (exact) mass is 274 g/mol. The van der Waals surface area contributed by atoms with Gasteiger partial charge in [-0.15, -0.1) is 11.8 Å². The fourth-order valence-electron chi connectivity index (χ4n) is 2.52. The molecule has 0 spiro atoms. The molecule has 0 N–H and O–H groups in total. The van der Waals surface area contributed by atoms with E-state index in [0.29, 0.717) is 22.0 Å². The number of esters is 1. The second-order valence-electron chi connectivity index (χ2n) is 5.26. The topological polar surface area (TPSA) is 26.3 Å². The number of carbonyl (C=O) groups excluding carboxylic acids is 1. The van der Waals surface area contributed by atoms with Crippen molar-refractivity contribution in [3.8, 4) is 0 Å². The first-order chi connectivity index (χ1) is 7.95. The van der Waals surface area contributed by atoms with Crippen LogP contribution in [-0.2, 0) is 9.53 Å². The van der Waals surface area contributed by atoms with Crippen LogP contribution in [0.2, 0.25) is 0 Å². The molecular weight excluding hydrogens is 252 g/mol. The summed E-state index contributed by atoms with van der Waals surface area (Å²) in [5.74, 6) is 1.38. The van der Waals surface area contributed by atoms with Crippen LogP contribution < -0.4 is 0 Å². The molecule has 0 saturated heterocycles. The van der Waals surface area contributed by atoms with Crippen LogP contribution in [0.4, 0.5) is 0 Å². The molecule has 1 rings (SSSR count). The van der Waals surface area contributed by atoms with Crippen LogP contribution in [0.1, 0.15) is 40.0 Å². The van der Waals surface area contributed by atoms with Gasteiger partial charge >= 0.3 is 5.97 Å². The van der Waals surface area contributed by atoms with Crippen molar-refractivity contribution >= 4 is 34.1 Å². The lowest BCUT2D eigenvalue weighted by atomic mass is 9.75. The molecule has 0 aromatic carbocycles.